The number of imidazole rings is 1. The second-order valence-corrected chi connectivity index (χ2v) is 9.56. The molecule has 1 atom stereocenters. The maximum Gasteiger partial charge on any atom is 0.245 e. The summed E-state index contributed by atoms with van der Waals surface area (Å²) in [7, 11) is 0. The van der Waals surface area contributed by atoms with Crippen molar-refractivity contribution in [1.29, 1.82) is 0 Å². The Balaban J connectivity index is 1.67. The van der Waals surface area contributed by atoms with Gasteiger partial charge in [0.25, 0.3) is 0 Å². The van der Waals surface area contributed by atoms with E-state index in [9.17, 15) is 4.79 Å². The number of nitrogens with zero attached hydrogens (tertiary/aromatic N) is 6. The number of fused-ring (bicyclic) bond motifs is 1. The van der Waals surface area contributed by atoms with E-state index < -0.39 is 0 Å². The molecule has 3 aromatic rings. The van der Waals surface area contributed by atoms with Gasteiger partial charge in [0, 0.05) is 37.5 Å². The molecular formula is C21H28N6O2S. The van der Waals surface area contributed by atoms with Crippen molar-refractivity contribution in [2.45, 2.75) is 65.5 Å². The highest BCUT2D eigenvalue weighted by Crippen LogP contribution is 2.35. The third kappa shape index (κ3) is 3.78. The first kappa shape index (κ1) is 20.7. The quantitative estimate of drug-likeness (QED) is 0.616. The number of rotatable bonds is 5. The summed E-state index contributed by atoms with van der Waals surface area (Å²) in [4.78, 5) is 33.1. The van der Waals surface area contributed by atoms with Crippen LogP contribution in [0.1, 0.15) is 52.5 Å². The van der Waals surface area contributed by atoms with Crippen LogP contribution in [0.2, 0.25) is 0 Å². The van der Waals surface area contributed by atoms with E-state index in [1.807, 2.05) is 18.0 Å². The number of likely N-dealkylation sites (tertiary alicyclic amines) is 1. The monoisotopic (exact) mass is 428 g/mol. The molecule has 1 aliphatic rings. The van der Waals surface area contributed by atoms with E-state index in [1.165, 1.54) is 6.33 Å². The lowest BCUT2D eigenvalue weighted by Crippen LogP contribution is -2.30. The topological polar surface area (TPSA) is 86.0 Å². The van der Waals surface area contributed by atoms with Crippen LogP contribution in [0.5, 0.6) is 5.88 Å². The predicted molar refractivity (Wildman–Crippen MR) is 117 cm³/mol. The molecule has 0 aromatic carbocycles. The normalized spacial score (nSPS) is 17.1. The third-order valence-electron chi connectivity index (χ3n) is 5.26. The van der Waals surface area contributed by atoms with Crippen LogP contribution in [0.3, 0.4) is 0 Å². The number of carbonyl (C=O) groups excluding carboxylic acids is 1. The second kappa shape index (κ2) is 7.94. The van der Waals surface area contributed by atoms with Crippen LogP contribution in [-0.4, -0.2) is 54.5 Å². The zero-order valence-corrected chi connectivity index (χ0v) is 19.0. The number of thiazole rings is 1. The van der Waals surface area contributed by atoms with E-state index in [2.05, 4.69) is 47.2 Å². The Morgan fingerprint density at radius 1 is 1.27 bits per heavy atom. The van der Waals surface area contributed by atoms with E-state index in [0.29, 0.717) is 24.4 Å². The first-order valence-corrected chi connectivity index (χ1v) is 11.3. The smallest absolute Gasteiger partial charge is 0.245 e. The number of hydrogen-bond acceptors (Lipinski definition) is 7. The highest BCUT2D eigenvalue weighted by atomic mass is 32.1. The maximum atomic E-state index is 12.0. The molecule has 9 heteroatoms. The molecule has 1 saturated heterocycles. The molecule has 1 aliphatic heterocycles. The van der Waals surface area contributed by atoms with E-state index in [1.54, 1.807) is 11.3 Å². The molecule has 0 unspecified atom stereocenters. The summed E-state index contributed by atoms with van der Waals surface area (Å²) in [6.45, 7) is 12.5. The Morgan fingerprint density at radius 3 is 2.73 bits per heavy atom. The maximum absolute atomic E-state index is 12.0. The minimum atomic E-state index is -0.0790. The van der Waals surface area contributed by atoms with Gasteiger partial charge in [0.05, 0.1) is 16.4 Å². The number of amides is 1. The molecule has 1 fully saturated rings. The van der Waals surface area contributed by atoms with E-state index >= 15 is 0 Å². The summed E-state index contributed by atoms with van der Waals surface area (Å²) in [5.74, 6) is 1.47. The van der Waals surface area contributed by atoms with E-state index in [0.717, 1.165) is 40.9 Å². The molecule has 160 valence electrons. The van der Waals surface area contributed by atoms with Crippen molar-refractivity contribution in [2.24, 2.45) is 0 Å². The Labute approximate surface area is 180 Å². The zero-order chi connectivity index (χ0) is 21.5. The molecule has 8 nitrogen and oxygen atoms in total. The van der Waals surface area contributed by atoms with Crippen LogP contribution >= 0.6 is 11.3 Å². The fourth-order valence-electron chi connectivity index (χ4n) is 3.65. The highest BCUT2D eigenvalue weighted by molar-refractivity contribution is 7.15. The zero-order valence-electron chi connectivity index (χ0n) is 18.2. The third-order valence-corrected chi connectivity index (χ3v) is 6.68. The second-order valence-electron chi connectivity index (χ2n) is 8.53. The summed E-state index contributed by atoms with van der Waals surface area (Å²) in [5.41, 5.74) is 1.40. The minimum absolute atomic E-state index is 0.00960. The van der Waals surface area contributed by atoms with Crippen LogP contribution in [0, 0.1) is 0 Å². The first-order chi connectivity index (χ1) is 14.3. The molecule has 30 heavy (non-hydrogen) atoms. The minimum Gasteiger partial charge on any atom is -0.471 e. The van der Waals surface area contributed by atoms with E-state index in [4.69, 9.17) is 9.72 Å². The van der Waals surface area contributed by atoms with Crippen LogP contribution in [-0.2, 0) is 16.8 Å². The summed E-state index contributed by atoms with van der Waals surface area (Å²) < 4.78 is 8.26. The van der Waals surface area contributed by atoms with Crippen molar-refractivity contribution < 1.29 is 9.53 Å². The summed E-state index contributed by atoms with van der Waals surface area (Å²) in [5, 5.41) is 1.07. The lowest BCUT2D eigenvalue weighted by atomic mass is 9.98. The summed E-state index contributed by atoms with van der Waals surface area (Å²) in [6, 6.07) is 0. The predicted octanol–water partition coefficient (Wildman–Crippen LogP) is 3.66. The van der Waals surface area contributed by atoms with Crippen molar-refractivity contribution in [2.75, 3.05) is 13.1 Å². The number of ether oxygens (including phenoxy) is 1. The number of carbonyl (C=O) groups is 1. The molecule has 0 N–H and O–H groups in total. The molecular weight excluding hydrogens is 400 g/mol. The first-order valence-electron chi connectivity index (χ1n) is 10.4. The van der Waals surface area contributed by atoms with Crippen molar-refractivity contribution in [3.63, 3.8) is 0 Å². The fraction of sp³-hybridized carbons (Fsp3) is 0.571. The molecule has 4 rings (SSSR count). The molecule has 4 heterocycles. The Morgan fingerprint density at radius 2 is 2.07 bits per heavy atom. The average Bonchev–Trinajstić information content (AvgIpc) is 3.44. The fourth-order valence-corrected chi connectivity index (χ4v) is 4.62. The van der Waals surface area contributed by atoms with Gasteiger partial charge in [-0.15, -0.1) is 11.3 Å². The molecule has 1 amide bonds. The Bertz CT molecular complexity index is 1070. The van der Waals surface area contributed by atoms with Gasteiger partial charge in [-0.25, -0.2) is 15.0 Å². The number of aromatic nitrogens is 5. The molecule has 0 saturated carbocycles. The van der Waals surface area contributed by atoms with Crippen LogP contribution in [0.25, 0.3) is 21.9 Å². The summed E-state index contributed by atoms with van der Waals surface area (Å²) >= 11 is 1.65. The van der Waals surface area contributed by atoms with E-state index in [-0.39, 0.29) is 17.4 Å². The van der Waals surface area contributed by atoms with Crippen LogP contribution < -0.4 is 4.74 Å². The molecule has 3 aromatic heterocycles. The van der Waals surface area contributed by atoms with Crippen molar-refractivity contribution in [3.05, 3.63) is 17.5 Å². The van der Waals surface area contributed by atoms with Gasteiger partial charge in [-0.2, -0.15) is 4.98 Å². The van der Waals surface area contributed by atoms with Gasteiger partial charge < -0.3 is 14.2 Å². The number of aryl methyl sites for hydroxylation is 1. The average molecular weight is 429 g/mol. The lowest BCUT2D eigenvalue weighted by molar-refractivity contribution is -0.130. The van der Waals surface area contributed by atoms with Crippen molar-refractivity contribution >= 4 is 28.4 Å². The van der Waals surface area contributed by atoms with Gasteiger partial charge in [-0.1, -0.05) is 27.7 Å². The Hall–Kier alpha value is -2.55. The van der Waals surface area contributed by atoms with Crippen molar-refractivity contribution in [1.82, 2.24) is 29.4 Å². The molecule has 0 bridgehead atoms. The van der Waals surface area contributed by atoms with Gasteiger partial charge >= 0.3 is 0 Å². The molecule has 0 spiro atoms. The van der Waals surface area contributed by atoms with Gasteiger partial charge in [-0.3, -0.25) is 4.79 Å². The molecule has 0 radical (unpaired) electrons. The summed E-state index contributed by atoms with van der Waals surface area (Å²) in [6.07, 6.45) is 4.64. The highest BCUT2D eigenvalue weighted by Gasteiger charge is 2.29. The van der Waals surface area contributed by atoms with Gasteiger partial charge in [0.1, 0.15) is 12.4 Å². The Kier molecular flexibility index (Phi) is 5.48. The number of hydrogen-bond donors (Lipinski definition) is 0. The van der Waals surface area contributed by atoms with Gasteiger partial charge in [0.2, 0.25) is 11.8 Å². The standard InChI is InChI=1S/C21H28N6O2S/c1-6-15(28)26-9-8-13(11-26)29-19-16-18(23-12-24-19)27(7-2)17(25-16)14-10-22-20(30-14)21(3,4)5/h10,12-13H,6-9,11H2,1-5H3/t13-/m0/s1. The SMILES string of the molecule is CCC(=O)N1CC[C@H](Oc2ncnc3c2nc(-c2cnc(C(C)(C)C)s2)n3CC)C1. The van der Waals surface area contributed by atoms with Crippen LogP contribution in [0.15, 0.2) is 12.5 Å². The van der Waals surface area contributed by atoms with Crippen LogP contribution in [0.4, 0.5) is 0 Å². The van der Waals surface area contributed by atoms with Gasteiger partial charge in [-0.05, 0) is 6.92 Å². The van der Waals surface area contributed by atoms with Gasteiger partial charge in [0.15, 0.2) is 17.0 Å². The lowest BCUT2D eigenvalue weighted by Gasteiger charge is -2.16. The van der Waals surface area contributed by atoms with Crippen molar-refractivity contribution in [3.8, 4) is 16.6 Å². The molecule has 0 aliphatic carbocycles. The largest absolute Gasteiger partial charge is 0.471 e.